The van der Waals surface area contributed by atoms with E-state index >= 15 is 0 Å². The second-order valence-corrected chi connectivity index (χ2v) is 9.58. The molecular formula is C20H23ClN4O3S. The van der Waals surface area contributed by atoms with Gasteiger partial charge in [0.2, 0.25) is 10.0 Å². The zero-order valence-electron chi connectivity index (χ0n) is 16.4. The highest BCUT2D eigenvalue weighted by atomic mass is 35.5. The fourth-order valence-electron chi connectivity index (χ4n) is 3.76. The van der Waals surface area contributed by atoms with E-state index in [4.69, 9.17) is 21.3 Å². The smallest absolute Gasteiger partial charge is 0.243 e. The first-order valence-electron chi connectivity index (χ1n) is 9.47. The molecule has 2 aromatic heterocycles. The van der Waals surface area contributed by atoms with E-state index in [1.165, 1.54) is 10.4 Å². The Morgan fingerprint density at radius 3 is 2.90 bits per heavy atom. The summed E-state index contributed by atoms with van der Waals surface area (Å²) < 4.78 is 35.1. The number of benzene rings is 1. The Hall–Kier alpha value is -2.00. The summed E-state index contributed by atoms with van der Waals surface area (Å²) in [5.74, 6) is 0.889. The molecule has 3 aromatic rings. The van der Waals surface area contributed by atoms with Gasteiger partial charge in [-0.05, 0) is 37.1 Å². The van der Waals surface area contributed by atoms with Crippen molar-refractivity contribution in [3.05, 3.63) is 53.1 Å². The van der Waals surface area contributed by atoms with Gasteiger partial charge in [0.05, 0.1) is 28.7 Å². The van der Waals surface area contributed by atoms with Crippen molar-refractivity contribution in [1.29, 1.82) is 0 Å². The Labute approximate surface area is 175 Å². The molecule has 0 saturated carbocycles. The van der Waals surface area contributed by atoms with Crippen molar-refractivity contribution in [3.63, 3.8) is 0 Å². The molecule has 0 bridgehead atoms. The Bertz CT molecular complexity index is 1150. The van der Waals surface area contributed by atoms with Gasteiger partial charge < -0.3 is 9.30 Å². The normalized spacial score (nSPS) is 18.0. The molecule has 1 aromatic carbocycles. The highest BCUT2D eigenvalue weighted by molar-refractivity contribution is 7.89. The van der Waals surface area contributed by atoms with E-state index in [1.807, 2.05) is 13.0 Å². The molecule has 29 heavy (non-hydrogen) atoms. The first-order valence-corrected chi connectivity index (χ1v) is 11.3. The number of fused-ring (bicyclic) bond motifs is 1. The number of sulfonamides is 1. The zero-order chi connectivity index (χ0) is 20.6. The lowest BCUT2D eigenvalue weighted by atomic mass is 10.1. The van der Waals surface area contributed by atoms with E-state index < -0.39 is 10.0 Å². The summed E-state index contributed by atoms with van der Waals surface area (Å²) in [5, 5.41) is 0.454. The molecule has 1 atom stereocenters. The second kappa shape index (κ2) is 8.02. The topological polar surface area (TPSA) is 77.3 Å². The number of aryl methyl sites for hydroxylation is 1. The van der Waals surface area contributed by atoms with Crippen LogP contribution in [0.1, 0.15) is 23.7 Å². The maximum Gasteiger partial charge on any atom is 0.243 e. The van der Waals surface area contributed by atoms with Crippen LogP contribution in [0.5, 0.6) is 0 Å². The number of methoxy groups -OCH3 is 1. The lowest BCUT2D eigenvalue weighted by molar-refractivity contribution is 0.187. The number of ether oxygens (including phenoxy) is 1. The van der Waals surface area contributed by atoms with Gasteiger partial charge >= 0.3 is 0 Å². The van der Waals surface area contributed by atoms with Crippen LogP contribution in [0.15, 0.2) is 41.6 Å². The van der Waals surface area contributed by atoms with Crippen LogP contribution in [-0.4, -0.2) is 54.1 Å². The number of hydrogen-bond acceptors (Lipinski definition) is 5. The highest BCUT2D eigenvalue weighted by Crippen LogP contribution is 2.33. The zero-order valence-corrected chi connectivity index (χ0v) is 17.9. The van der Waals surface area contributed by atoms with Crippen molar-refractivity contribution in [2.24, 2.45) is 0 Å². The van der Waals surface area contributed by atoms with Crippen molar-refractivity contribution >= 4 is 32.7 Å². The summed E-state index contributed by atoms with van der Waals surface area (Å²) in [6, 6.07) is 6.75. The van der Waals surface area contributed by atoms with Crippen LogP contribution in [0.25, 0.3) is 11.0 Å². The van der Waals surface area contributed by atoms with Crippen LogP contribution < -0.4 is 0 Å². The molecule has 0 amide bonds. The summed E-state index contributed by atoms with van der Waals surface area (Å²) in [6.45, 7) is 3.88. The molecule has 0 spiro atoms. The van der Waals surface area contributed by atoms with Crippen molar-refractivity contribution in [1.82, 2.24) is 18.8 Å². The third-order valence-electron chi connectivity index (χ3n) is 5.40. The molecular weight excluding hydrogens is 412 g/mol. The first kappa shape index (κ1) is 20.3. The van der Waals surface area contributed by atoms with Crippen molar-refractivity contribution < 1.29 is 13.2 Å². The monoisotopic (exact) mass is 434 g/mol. The Morgan fingerprint density at radius 2 is 2.14 bits per heavy atom. The van der Waals surface area contributed by atoms with Crippen LogP contribution >= 0.6 is 11.6 Å². The standard InChI is InChI=1S/C20H23ClN4O3S/c1-14-3-4-16(11-17(14)21)29(26,27)24-8-6-15(13-24)20-23-18-5-7-22-12-19(18)25(20)9-10-28-2/h3-5,7,11-12,15H,6,8-10,13H2,1-2H3/t15-/m1/s1. The molecule has 0 N–H and O–H groups in total. The number of hydrogen-bond donors (Lipinski definition) is 0. The molecule has 3 heterocycles. The summed E-state index contributed by atoms with van der Waals surface area (Å²) in [4.78, 5) is 9.23. The fourth-order valence-corrected chi connectivity index (χ4v) is 5.53. The number of pyridine rings is 1. The van der Waals surface area contributed by atoms with E-state index in [0.29, 0.717) is 37.7 Å². The molecule has 154 valence electrons. The minimum atomic E-state index is -3.60. The van der Waals surface area contributed by atoms with Gasteiger partial charge in [-0.15, -0.1) is 0 Å². The second-order valence-electron chi connectivity index (χ2n) is 7.24. The van der Waals surface area contributed by atoms with Gasteiger partial charge in [-0.25, -0.2) is 13.4 Å². The van der Waals surface area contributed by atoms with Gasteiger partial charge in [0.25, 0.3) is 0 Å². The molecule has 4 rings (SSSR count). The quantitative estimate of drug-likeness (QED) is 0.595. The molecule has 0 radical (unpaired) electrons. The number of nitrogens with zero attached hydrogens (tertiary/aromatic N) is 4. The number of imidazole rings is 1. The highest BCUT2D eigenvalue weighted by Gasteiger charge is 2.35. The number of rotatable bonds is 6. The summed E-state index contributed by atoms with van der Waals surface area (Å²) in [5.41, 5.74) is 2.65. The summed E-state index contributed by atoms with van der Waals surface area (Å²) in [7, 11) is -1.94. The van der Waals surface area contributed by atoms with E-state index in [9.17, 15) is 8.42 Å². The third kappa shape index (κ3) is 3.77. The molecule has 0 unspecified atom stereocenters. The van der Waals surface area contributed by atoms with Crippen molar-refractivity contribution in [2.45, 2.75) is 30.7 Å². The van der Waals surface area contributed by atoms with E-state index in [2.05, 4.69) is 9.55 Å². The minimum absolute atomic E-state index is 0.00921. The van der Waals surface area contributed by atoms with Gasteiger partial charge in [-0.1, -0.05) is 17.7 Å². The van der Waals surface area contributed by atoms with Crippen molar-refractivity contribution in [2.75, 3.05) is 26.8 Å². The van der Waals surface area contributed by atoms with Crippen LogP contribution in [0.4, 0.5) is 0 Å². The molecule has 7 nitrogen and oxygen atoms in total. The molecule has 1 aliphatic heterocycles. The van der Waals surface area contributed by atoms with Gasteiger partial charge in [0, 0.05) is 43.9 Å². The summed E-state index contributed by atoms with van der Waals surface area (Å²) in [6.07, 6.45) is 4.22. The Kier molecular flexibility index (Phi) is 5.61. The largest absolute Gasteiger partial charge is 0.383 e. The van der Waals surface area contributed by atoms with Crippen LogP contribution in [0.2, 0.25) is 5.02 Å². The van der Waals surface area contributed by atoms with E-state index in [1.54, 1.807) is 31.6 Å². The molecule has 0 aliphatic carbocycles. The van der Waals surface area contributed by atoms with E-state index in [-0.39, 0.29) is 10.8 Å². The van der Waals surface area contributed by atoms with Gasteiger partial charge in [0.15, 0.2) is 0 Å². The van der Waals surface area contributed by atoms with E-state index in [0.717, 1.165) is 22.4 Å². The number of halogens is 1. The molecule has 9 heteroatoms. The van der Waals surface area contributed by atoms with Gasteiger partial charge in [-0.2, -0.15) is 4.31 Å². The van der Waals surface area contributed by atoms with Gasteiger partial charge in [-0.3, -0.25) is 4.98 Å². The molecule has 1 aliphatic rings. The van der Waals surface area contributed by atoms with Crippen molar-refractivity contribution in [3.8, 4) is 0 Å². The Morgan fingerprint density at radius 1 is 1.31 bits per heavy atom. The first-order chi connectivity index (χ1) is 13.9. The van der Waals surface area contributed by atoms with Crippen LogP contribution in [-0.2, 0) is 21.3 Å². The number of aromatic nitrogens is 3. The average molecular weight is 435 g/mol. The third-order valence-corrected chi connectivity index (χ3v) is 7.66. The maximum atomic E-state index is 13.1. The maximum absolute atomic E-state index is 13.1. The van der Waals surface area contributed by atoms with Crippen LogP contribution in [0, 0.1) is 6.92 Å². The predicted molar refractivity (Wildman–Crippen MR) is 112 cm³/mol. The average Bonchev–Trinajstić information content (AvgIpc) is 3.33. The van der Waals surface area contributed by atoms with Crippen LogP contribution in [0.3, 0.4) is 0 Å². The SMILES string of the molecule is COCCn1c([C@@H]2CCN(S(=O)(=O)c3ccc(C)c(Cl)c3)C2)nc2ccncc21. The molecule has 1 saturated heterocycles. The molecule has 1 fully saturated rings. The van der Waals surface area contributed by atoms with Gasteiger partial charge in [0.1, 0.15) is 5.82 Å². The lowest BCUT2D eigenvalue weighted by Gasteiger charge is -2.18. The minimum Gasteiger partial charge on any atom is -0.383 e. The predicted octanol–water partition coefficient (Wildman–Crippen LogP) is 3.22. The Balaban J connectivity index is 1.63. The lowest BCUT2D eigenvalue weighted by Crippen LogP contribution is -2.29. The fraction of sp³-hybridized carbons (Fsp3) is 0.400. The summed E-state index contributed by atoms with van der Waals surface area (Å²) >= 11 is 6.15.